The zero-order chi connectivity index (χ0) is 21.2. The molecule has 0 aromatic carbocycles. The molecular weight excluding hydrogens is 372 g/mol. The minimum Gasteiger partial charge on any atom is -0.389 e. The molecule has 0 aliphatic heterocycles. The molecule has 0 bridgehead atoms. The number of aliphatic hydroxyl groups excluding tert-OH is 1. The SMILES string of the molecule is COC(CCCCCCCCCCCCOCC(O)Cn1ccnc1)(OC)OC. The highest BCUT2D eigenvalue weighted by Crippen LogP contribution is 2.21. The lowest BCUT2D eigenvalue weighted by Crippen LogP contribution is -2.35. The minimum atomic E-state index is -0.873. The van der Waals surface area contributed by atoms with Gasteiger partial charge in [0.05, 0.1) is 25.6 Å². The normalized spacial score (nSPS) is 13.1. The molecule has 1 N–H and O–H groups in total. The lowest BCUT2D eigenvalue weighted by molar-refractivity contribution is -0.355. The van der Waals surface area contributed by atoms with Crippen molar-refractivity contribution >= 4 is 0 Å². The molecule has 0 aliphatic rings. The fraction of sp³-hybridized carbons (Fsp3) is 0.864. The van der Waals surface area contributed by atoms with Crippen LogP contribution in [0.25, 0.3) is 0 Å². The Labute approximate surface area is 176 Å². The van der Waals surface area contributed by atoms with Crippen LogP contribution in [0.3, 0.4) is 0 Å². The van der Waals surface area contributed by atoms with Crippen LogP contribution in [-0.4, -0.2) is 61.3 Å². The van der Waals surface area contributed by atoms with Gasteiger partial charge in [-0.05, 0) is 12.8 Å². The Bertz CT molecular complexity index is 458. The van der Waals surface area contributed by atoms with Crippen LogP contribution in [-0.2, 0) is 25.5 Å². The molecule has 0 spiro atoms. The maximum absolute atomic E-state index is 9.88. The van der Waals surface area contributed by atoms with Gasteiger partial charge >= 0.3 is 0 Å². The molecule has 1 aromatic heterocycles. The third-order valence-corrected chi connectivity index (χ3v) is 5.25. The van der Waals surface area contributed by atoms with E-state index in [1.54, 1.807) is 33.9 Å². The van der Waals surface area contributed by atoms with Gasteiger partial charge < -0.3 is 28.6 Å². The molecule has 1 heterocycles. The highest BCUT2D eigenvalue weighted by Gasteiger charge is 2.28. The predicted octanol–water partition coefficient (Wildman–Crippen LogP) is 4.14. The topological polar surface area (TPSA) is 75.0 Å². The fourth-order valence-corrected chi connectivity index (χ4v) is 3.43. The number of unbranched alkanes of at least 4 members (excludes halogenated alkanes) is 9. The second-order valence-electron chi connectivity index (χ2n) is 7.57. The van der Waals surface area contributed by atoms with Gasteiger partial charge in [-0.25, -0.2) is 4.98 Å². The molecule has 0 fully saturated rings. The average Bonchev–Trinajstić information content (AvgIpc) is 3.24. The molecule has 170 valence electrons. The lowest BCUT2D eigenvalue weighted by atomic mass is 10.1. The number of aromatic nitrogens is 2. The second-order valence-corrected chi connectivity index (χ2v) is 7.57. The number of hydrogen-bond acceptors (Lipinski definition) is 6. The molecule has 1 unspecified atom stereocenters. The number of ether oxygens (including phenoxy) is 4. The van der Waals surface area contributed by atoms with E-state index in [4.69, 9.17) is 18.9 Å². The first kappa shape index (κ1) is 26.0. The van der Waals surface area contributed by atoms with E-state index in [1.807, 2.05) is 10.8 Å². The van der Waals surface area contributed by atoms with Gasteiger partial charge in [0.15, 0.2) is 0 Å². The van der Waals surface area contributed by atoms with Crippen molar-refractivity contribution in [2.24, 2.45) is 0 Å². The Kier molecular flexibility index (Phi) is 15.1. The average molecular weight is 415 g/mol. The van der Waals surface area contributed by atoms with Gasteiger partial charge in [0, 0.05) is 46.8 Å². The molecule has 1 atom stereocenters. The van der Waals surface area contributed by atoms with Crippen LogP contribution in [0.4, 0.5) is 0 Å². The third-order valence-electron chi connectivity index (χ3n) is 5.25. The summed E-state index contributed by atoms with van der Waals surface area (Å²) in [5, 5.41) is 9.88. The molecule has 0 amide bonds. The van der Waals surface area contributed by atoms with E-state index >= 15 is 0 Å². The van der Waals surface area contributed by atoms with Crippen molar-refractivity contribution in [1.82, 2.24) is 9.55 Å². The van der Waals surface area contributed by atoms with Gasteiger partial charge in [-0.1, -0.05) is 51.4 Å². The van der Waals surface area contributed by atoms with Crippen LogP contribution >= 0.6 is 0 Å². The zero-order valence-electron chi connectivity index (χ0n) is 18.7. The van der Waals surface area contributed by atoms with Gasteiger partial charge in [0.25, 0.3) is 5.97 Å². The first-order chi connectivity index (χ1) is 14.2. The molecule has 0 aliphatic carbocycles. The summed E-state index contributed by atoms with van der Waals surface area (Å²) >= 11 is 0. The van der Waals surface area contributed by atoms with Crippen LogP contribution in [0.2, 0.25) is 0 Å². The highest BCUT2D eigenvalue weighted by molar-refractivity contribution is 4.75. The highest BCUT2D eigenvalue weighted by atomic mass is 16.9. The van der Waals surface area contributed by atoms with Gasteiger partial charge in [-0.2, -0.15) is 0 Å². The van der Waals surface area contributed by atoms with Crippen molar-refractivity contribution in [3.8, 4) is 0 Å². The number of aliphatic hydroxyl groups is 1. The second kappa shape index (κ2) is 16.8. The number of methoxy groups -OCH3 is 3. The molecular formula is C22H42N2O5. The lowest BCUT2D eigenvalue weighted by Gasteiger charge is -2.28. The maximum atomic E-state index is 9.88. The summed E-state index contributed by atoms with van der Waals surface area (Å²) < 4.78 is 23.3. The Morgan fingerprint density at radius 1 is 0.862 bits per heavy atom. The summed E-state index contributed by atoms with van der Waals surface area (Å²) in [6.45, 7) is 1.65. The number of imidazole rings is 1. The Hall–Kier alpha value is -0.990. The molecule has 0 radical (unpaired) electrons. The van der Waals surface area contributed by atoms with Crippen LogP contribution in [0.15, 0.2) is 18.7 Å². The van der Waals surface area contributed by atoms with Gasteiger partial charge in [-0.3, -0.25) is 0 Å². The van der Waals surface area contributed by atoms with Crippen molar-refractivity contribution in [3.63, 3.8) is 0 Å². The van der Waals surface area contributed by atoms with Crippen LogP contribution in [0, 0.1) is 0 Å². The molecule has 1 aromatic rings. The summed E-state index contributed by atoms with van der Waals surface area (Å²) in [7, 11) is 4.85. The number of hydrogen-bond donors (Lipinski definition) is 1. The van der Waals surface area contributed by atoms with Crippen LogP contribution < -0.4 is 0 Å². The van der Waals surface area contributed by atoms with E-state index in [1.165, 1.54) is 51.4 Å². The Morgan fingerprint density at radius 2 is 1.41 bits per heavy atom. The van der Waals surface area contributed by atoms with Gasteiger partial charge in [0.2, 0.25) is 0 Å². The maximum Gasteiger partial charge on any atom is 0.282 e. The first-order valence-electron chi connectivity index (χ1n) is 11.0. The van der Waals surface area contributed by atoms with E-state index in [9.17, 15) is 5.11 Å². The molecule has 1 rings (SSSR count). The summed E-state index contributed by atoms with van der Waals surface area (Å²) in [6, 6.07) is 0. The number of rotatable bonds is 20. The number of nitrogens with zero attached hydrogens (tertiary/aromatic N) is 2. The largest absolute Gasteiger partial charge is 0.389 e. The van der Waals surface area contributed by atoms with E-state index in [-0.39, 0.29) is 0 Å². The Balaban J connectivity index is 1.81. The molecule has 29 heavy (non-hydrogen) atoms. The summed E-state index contributed by atoms with van der Waals surface area (Å²) in [5.41, 5.74) is 0. The fourth-order valence-electron chi connectivity index (χ4n) is 3.43. The van der Waals surface area contributed by atoms with E-state index in [2.05, 4.69) is 4.98 Å². The first-order valence-corrected chi connectivity index (χ1v) is 11.0. The molecule has 7 heteroatoms. The molecule has 0 saturated carbocycles. The Morgan fingerprint density at radius 3 is 1.93 bits per heavy atom. The smallest absolute Gasteiger partial charge is 0.282 e. The summed E-state index contributed by atoms with van der Waals surface area (Å²) in [6.07, 6.45) is 17.8. The van der Waals surface area contributed by atoms with Crippen molar-refractivity contribution in [1.29, 1.82) is 0 Å². The van der Waals surface area contributed by atoms with E-state index < -0.39 is 12.1 Å². The van der Waals surface area contributed by atoms with Crippen molar-refractivity contribution < 1.29 is 24.1 Å². The van der Waals surface area contributed by atoms with Gasteiger partial charge in [0.1, 0.15) is 0 Å². The minimum absolute atomic E-state index is 0.387. The van der Waals surface area contributed by atoms with Crippen LogP contribution in [0.5, 0.6) is 0 Å². The van der Waals surface area contributed by atoms with E-state index in [0.717, 1.165) is 25.9 Å². The molecule has 0 saturated heterocycles. The van der Waals surface area contributed by atoms with Crippen molar-refractivity contribution in [3.05, 3.63) is 18.7 Å². The van der Waals surface area contributed by atoms with Gasteiger partial charge in [-0.15, -0.1) is 0 Å². The van der Waals surface area contributed by atoms with Crippen LogP contribution in [0.1, 0.15) is 70.6 Å². The zero-order valence-corrected chi connectivity index (χ0v) is 18.7. The standard InChI is InChI=1S/C22H42N2O5/c1-26-22(27-2,28-3)14-12-10-8-6-4-5-7-9-11-13-17-29-19-21(25)18-24-16-15-23-20-24/h15-16,20-21,25H,4-14,17-19H2,1-3H3. The third kappa shape index (κ3) is 12.3. The summed E-state index contributed by atoms with van der Waals surface area (Å²) in [4.78, 5) is 3.96. The summed E-state index contributed by atoms with van der Waals surface area (Å²) in [5.74, 6) is -0.873. The quantitative estimate of drug-likeness (QED) is 0.255. The molecule has 7 nitrogen and oxygen atoms in total. The van der Waals surface area contributed by atoms with Crippen molar-refractivity contribution in [2.45, 2.75) is 89.3 Å². The monoisotopic (exact) mass is 414 g/mol. The van der Waals surface area contributed by atoms with E-state index in [0.29, 0.717) is 13.2 Å². The van der Waals surface area contributed by atoms with Crippen molar-refractivity contribution in [2.75, 3.05) is 34.5 Å². The predicted molar refractivity (Wildman–Crippen MR) is 114 cm³/mol.